The zero-order chi connectivity index (χ0) is 18.5. The Hall–Kier alpha value is -2.44. The quantitative estimate of drug-likeness (QED) is 0.812. The maximum atomic E-state index is 12.1. The maximum absolute atomic E-state index is 12.1. The highest BCUT2D eigenvalue weighted by molar-refractivity contribution is 6.36. The molecule has 2 aromatic carbocycles. The number of hydrogen-bond donors (Lipinski definition) is 2. The van der Waals surface area contributed by atoms with Gasteiger partial charge in [-0.1, -0.05) is 23.2 Å². The van der Waals surface area contributed by atoms with Crippen molar-refractivity contribution < 1.29 is 19.1 Å². The highest BCUT2D eigenvalue weighted by Gasteiger charge is 2.14. The zero-order valence-corrected chi connectivity index (χ0v) is 15.2. The highest BCUT2D eigenvalue weighted by Crippen LogP contribution is 2.32. The van der Waals surface area contributed by atoms with Crippen LogP contribution in [0.4, 0.5) is 5.69 Å². The maximum Gasteiger partial charge on any atom is 0.252 e. The summed E-state index contributed by atoms with van der Waals surface area (Å²) in [5.41, 5.74) is 0.912. The van der Waals surface area contributed by atoms with Crippen molar-refractivity contribution in [2.45, 2.75) is 6.42 Å². The molecule has 1 aliphatic rings. The minimum Gasteiger partial charge on any atom is -0.486 e. The SMILES string of the molecule is O=C(CCNC(=O)c1ccc(Cl)cc1Cl)Nc1ccc2c(c1)OCCO2. The Balaban J connectivity index is 1.49. The molecule has 0 aliphatic carbocycles. The van der Waals surface area contributed by atoms with Crippen molar-refractivity contribution >= 4 is 40.7 Å². The molecular weight excluding hydrogens is 379 g/mol. The molecule has 2 N–H and O–H groups in total. The second kappa shape index (κ2) is 8.29. The van der Waals surface area contributed by atoms with E-state index in [1.807, 2.05) is 0 Å². The summed E-state index contributed by atoms with van der Waals surface area (Å²) in [5, 5.41) is 6.12. The molecule has 1 aliphatic heterocycles. The molecule has 0 unspecified atom stereocenters. The van der Waals surface area contributed by atoms with Crippen LogP contribution in [-0.4, -0.2) is 31.6 Å². The summed E-state index contributed by atoms with van der Waals surface area (Å²) in [5.74, 6) is 0.657. The molecule has 136 valence electrons. The van der Waals surface area contributed by atoms with Gasteiger partial charge in [-0.2, -0.15) is 0 Å². The average Bonchev–Trinajstić information content (AvgIpc) is 2.61. The van der Waals surface area contributed by atoms with Gasteiger partial charge in [0.25, 0.3) is 5.91 Å². The van der Waals surface area contributed by atoms with E-state index in [1.165, 1.54) is 12.1 Å². The highest BCUT2D eigenvalue weighted by atomic mass is 35.5. The summed E-state index contributed by atoms with van der Waals surface area (Å²) >= 11 is 11.8. The Labute approximate surface area is 160 Å². The smallest absolute Gasteiger partial charge is 0.252 e. The molecule has 3 rings (SSSR count). The van der Waals surface area contributed by atoms with Gasteiger partial charge in [0, 0.05) is 29.7 Å². The minimum absolute atomic E-state index is 0.116. The molecule has 0 spiro atoms. The van der Waals surface area contributed by atoms with E-state index in [4.69, 9.17) is 32.7 Å². The molecular formula is C18H16Cl2N2O4. The minimum atomic E-state index is -0.362. The standard InChI is InChI=1S/C18H16Cl2N2O4/c19-11-1-3-13(14(20)9-11)18(24)21-6-5-17(23)22-12-2-4-15-16(10-12)26-8-7-25-15/h1-4,9-10H,5-8H2,(H,21,24)(H,22,23). The first kappa shape index (κ1) is 18.4. The fourth-order valence-corrected chi connectivity index (χ4v) is 2.90. The van der Waals surface area contributed by atoms with Gasteiger partial charge in [0.05, 0.1) is 10.6 Å². The number of fused-ring (bicyclic) bond motifs is 1. The van der Waals surface area contributed by atoms with Gasteiger partial charge in [0.2, 0.25) is 5.91 Å². The van der Waals surface area contributed by atoms with E-state index in [1.54, 1.807) is 24.3 Å². The lowest BCUT2D eigenvalue weighted by Crippen LogP contribution is -2.27. The molecule has 2 amide bonds. The van der Waals surface area contributed by atoms with Crippen molar-refractivity contribution in [1.82, 2.24) is 5.32 Å². The van der Waals surface area contributed by atoms with E-state index < -0.39 is 0 Å². The number of nitrogens with one attached hydrogen (secondary N) is 2. The van der Waals surface area contributed by atoms with Crippen molar-refractivity contribution in [2.75, 3.05) is 25.1 Å². The van der Waals surface area contributed by atoms with Crippen LogP contribution in [0.3, 0.4) is 0 Å². The molecule has 0 fully saturated rings. The fourth-order valence-electron chi connectivity index (χ4n) is 2.40. The Morgan fingerprint density at radius 2 is 1.77 bits per heavy atom. The van der Waals surface area contributed by atoms with E-state index in [9.17, 15) is 9.59 Å². The number of anilines is 1. The van der Waals surface area contributed by atoms with Crippen LogP contribution < -0.4 is 20.1 Å². The Morgan fingerprint density at radius 1 is 1.00 bits per heavy atom. The third-order valence-corrected chi connectivity index (χ3v) is 4.19. The normalized spacial score (nSPS) is 12.4. The second-order valence-corrected chi connectivity index (χ2v) is 6.38. The number of rotatable bonds is 5. The van der Waals surface area contributed by atoms with Crippen LogP contribution >= 0.6 is 23.2 Å². The molecule has 8 heteroatoms. The van der Waals surface area contributed by atoms with Crippen LogP contribution in [0, 0.1) is 0 Å². The predicted molar refractivity (Wildman–Crippen MR) is 99.5 cm³/mol. The Bertz CT molecular complexity index is 842. The summed E-state index contributed by atoms with van der Waals surface area (Å²) in [6.07, 6.45) is 0.116. The topological polar surface area (TPSA) is 76.7 Å². The Kier molecular flexibility index (Phi) is 5.85. The van der Waals surface area contributed by atoms with Gasteiger partial charge in [-0.05, 0) is 30.3 Å². The molecule has 0 saturated carbocycles. The third kappa shape index (κ3) is 4.59. The van der Waals surface area contributed by atoms with E-state index >= 15 is 0 Å². The molecule has 0 radical (unpaired) electrons. The zero-order valence-electron chi connectivity index (χ0n) is 13.7. The van der Waals surface area contributed by atoms with Gasteiger partial charge in [0.15, 0.2) is 11.5 Å². The van der Waals surface area contributed by atoms with Crippen LogP contribution in [0.5, 0.6) is 11.5 Å². The van der Waals surface area contributed by atoms with Gasteiger partial charge >= 0.3 is 0 Å². The van der Waals surface area contributed by atoms with Crippen LogP contribution in [-0.2, 0) is 4.79 Å². The lowest BCUT2D eigenvalue weighted by Gasteiger charge is -2.19. The van der Waals surface area contributed by atoms with Crippen molar-refractivity contribution in [3.8, 4) is 11.5 Å². The Morgan fingerprint density at radius 3 is 2.54 bits per heavy atom. The van der Waals surface area contributed by atoms with Crippen molar-refractivity contribution in [3.63, 3.8) is 0 Å². The first-order valence-electron chi connectivity index (χ1n) is 7.95. The summed E-state index contributed by atoms with van der Waals surface area (Å²) in [6.45, 7) is 1.16. The van der Waals surface area contributed by atoms with Crippen LogP contribution in [0.2, 0.25) is 10.0 Å². The molecule has 0 aromatic heterocycles. The number of ether oxygens (including phenoxy) is 2. The van der Waals surface area contributed by atoms with Crippen LogP contribution in [0.1, 0.15) is 16.8 Å². The van der Waals surface area contributed by atoms with Crippen LogP contribution in [0.25, 0.3) is 0 Å². The summed E-state index contributed by atoms with van der Waals surface area (Å²) in [6, 6.07) is 9.79. The monoisotopic (exact) mass is 394 g/mol. The van der Waals surface area contributed by atoms with Gasteiger partial charge in [0.1, 0.15) is 13.2 Å². The van der Waals surface area contributed by atoms with E-state index in [0.717, 1.165) is 0 Å². The van der Waals surface area contributed by atoms with Crippen molar-refractivity contribution in [1.29, 1.82) is 0 Å². The van der Waals surface area contributed by atoms with E-state index in [0.29, 0.717) is 41.0 Å². The van der Waals surface area contributed by atoms with Gasteiger partial charge < -0.3 is 20.1 Å². The summed E-state index contributed by atoms with van der Waals surface area (Å²) in [7, 11) is 0. The molecule has 1 heterocycles. The van der Waals surface area contributed by atoms with E-state index in [-0.39, 0.29) is 29.8 Å². The molecule has 0 bridgehead atoms. The number of carbonyl (C=O) groups excluding carboxylic acids is 2. The first-order chi connectivity index (χ1) is 12.5. The van der Waals surface area contributed by atoms with Gasteiger partial charge in [-0.25, -0.2) is 0 Å². The summed E-state index contributed by atoms with van der Waals surface area (Å²) < 4.78 is 10.9. The molecule has 0 saturated heterocycles. The van der Waals surface area contributed by atoms with Gasteiger partial charge in [-0.3, -0.25) is 9.59 Å². The molecule has 0 atom stereocenters. The third-order valence-electron chi connectivity index (χ3n) is 3.64. The van der Waals surface area contributed by atoms with E-state index in [2.05, 4.69) is 10.6 Å². The number of carbonyl (C=O) groups is 2. The van der Waals surface area contributed by atoms with Crippen molar-refractivity contribution in [2.24, 2.45) is 0 Å². The van der Waals surface area contributed by atoms with Crippen LogP contribution in [0.15, 0.2) is 36.4 Å². The number of amides is 2. The summed E-state index contributed by atoms with van der Waals surface area (Å²) in [4.78, 5) is 24.1. The number of benzene rings is 2. The largest absolute Gasteiger partial charge is 0.486 e. The molecule has 6 nitrogen and oxygen atoms in total. The number of halogens is 2. The van der Waals surface area contributed by atoms with Gasteiger partial charge in [-0.15, -0.1) is 0 Å². The average molecular weight is 395 g/mol. The predicted octanol–water partition coefficient (Wildman–Crippen LogP) is 3.52. The second-order valence-electron chi connectivity index (χ2n) is 5.54. The molecule has 26 heavy (non-hydrogen) atoms. The van der Waals surface area contributed by atoms with Crippen molar-refractivity contribution in [3.05, 3.63) is 52.0 Å². The first-order valence-corrected chi connectivity index (χ1v) is 8.71. The number of hydrogen-bond acceptors (Lipinski definition) is 4. The lowest BCUT2D eigenvalue weighted by molar-refractivity contribution is -0.116. The molecule has 2 aromatic rings. The fraction of sp³-hybridized carbons (Fsp3) is 0.222. The lowest BCUT2D eigenvalue weighted by atomic mass is 10.2.